The lowest BCUT2D eigenvalue weighted by molar-refractivity contribution is -0.138. The van der Waals surface area contributed by atoms with Crippen LogP contribution in [0.5, 0.6) is 0 Å². The molecule has 1 amide bonds. The van der Waals surface area contributed by atoms with Gasteiger partial charge in [0, 0.05) is 17.5 Å². The Morgan fingerprint density at radius 3 is 3.04 bits per heavy atom. The van der Waals surface area contributed by atoms with E-state index in [0.717, 1.165) is 22.1 Å². The number of aryl methyl sites for hydroxylation is 2. The van der Waals surface area contributed by atoms with Crippen molar-refractivity contribution in [3.63, 3.8) is 0 Å². The molecular formula is C18H19N3O4. The van der Waals surface area contributed by atoms with Crippen LogP contribution in [0.3, 0.4) is 0 Å². The summed E-state index contributed by atoms with van der Waals surface area (Å²) in [6, 6.07) is 4.08. The molecule has 1 fully saturated rings. The maximum Gasteiger partial charge on any atom is 0.227 e. The van der Waals surface area contributed by atoms with Gasteiger partial charge in [0.2, 0.25) is 18.1 Å². The quantitative estimate of drug-likeness (QED) is 0.728. The molecule has 130 valence electrons. The van der Waals surface area contributed by atoms with E-state index < -0.39 is 0 Å². The summed E-state index contributed by atoms with van der Waals surface area (Å²) in [4.78, 5) is 18.5. The van der Waals surface area contributed by atoms with Crippen molar-refractivity contribution in [2.24, 2.45) is 0 Å². The number of furan rings is 1. The van der Waals surface area contributed by atoms with Gasteiger partial charge >= 0.3 is 0 Å². The highest BCUT2D eigenvalue weighted by atomic mass is 16.5. The van der Waals surface area contributed by atoms with Crippen molar-refractivity contribution in [3.8, 4) is 0 Å². The molecule has 0 spiro atoms. The number of fused-ring (bicyclic) bond motifs is 1. The van der Waals surface area contributed by atoms with Gasteiger partial charge in [-0.2, -0.15) is 4.98 Å². The van der Waals surface area contributed by atoms with Crippen molar-refractivity contribution in [1.29, 1.82) is 0 Å². The highest BCUT2D eigenvalue weighted by Gasteiger charge is 2.28. The van der Waals surface area contributed by atoms with Crippen LogP contribution in [0.15, 0.2) is 33.7 Å². The summed E-state index contributed by atoms with van der Waals surface area (Å²) in [5.41, 5.74) is 4.05. The van der Waals surface area contributed by atoms with Crippen LogP contribution in [0.1, 0.15) is 28.6 Å². The summed E-state index contributed by atoms with van der Waals surface area (Å²) in [5.74, 6) is 0.509. The summed E-state index contributed by atoms with van der Waals surface area (Å²) in [6.07, 6.45) is 2.91. The van der Waals surface area contributed by atoms with E-state index in [1.807, 2.05) is 19.9 Å². The minimum absolute atomic E-state index is 0.0396. The Kier molecular flexibility index (Phi) is 4.01. The number of carbonyl (C=O) groups excluding carboxylic acids is 1. The molecule has 3 heterocycles. The molecule has 0 saturated carbocycles. The number of nitrogens with zero attached hydrogens (tertiary/aromatic N) is 3. The van der Waals surface area contributed by atoms with Crippen molar-refractivity contribution < 1.29 is 18.5 Å². The van der Waals surface area contributed by atoms with Gasteiger partial charge in [0.25, 0.3) is 0 Å². The summed E-state index contributed by atoms with van der Waals surface area (Å²) in [7, 11) is 0. The first-order valence-corrected chi connectivity index (χ1v) is 8.25. The molecular weight excluding hydrogens is 322 g/mol. The van der Waals surface area contributed by atoms with E-state index in [0.29, 0.717) is 31.9 Å². The molecule has 2 aromatic heterocycles. The largest absolute Gasteiger partial charge is 0.464 e. The van der Waals surface area contributed by atoms with E-state index in [1.54, 1.807) is 11.2 Å². The van der Waals surface area contributed by atoms with E-state index in [-0.39, 0.29) is 12.0 Å². The molecule has 0 bridgehead atoms. The molecule has 0 radical (unpaired) electrons. The summed E-state index contributed by atoms with van der Waals surface area (Å²) >= 11 is 0. The lowest BCUT2D eigenvalue weighted by Gasteiger charge is -2.31. The van der Waals surface area contributed by atoms with E-state index >= 15 is 0 Å². The molecule has 1 unspecified atom stereocenters. The summed E-state index contributed by atoms with van der Waals surface area (Å²) in [6.45, 7) is 5.51. The smallest absolute Gasteiger partial charge is 0.227 e. The minimum atomic E-state index is -0.345. The SMILES string of the molecule is Cc1ccc2c(CC(=O)N3CCOC(c4ncon4)C3)coc2c1C. The van der Waals surface area contributed by atoms with Crippen LogP contribution < -0.4 is 0 Å². The fraction of sp³-hybridized carbons (Fsp3) is 0.389. The molecule has 3 aromatic rings. The molecule has 4 rings (SSSR count). The zero-order valence-corrected chi connectivity index (χ0v) is 14.2. The number of aromatic nitrogens is 2. The molecule has 7 nitrogen and oxygen atoms in total. The average molecular weight is 341 g/mol. The maximum absolute atomic E-state index is 12.7. The number of amides is 1. The summed E-state index contributed by atoms with van der Waals surface area (Å²) in [5, 5.41) is 4.80. The standard InChI is InChI=1S/C18H19N3O4/c1-11-3-4-14-13(9-24-17(14)12(11)2)7-16(22)21-5-6-23-15(8-21)18-19-10-25-20-18/h3-4,9-10,15H,5-8H2,1-2H3. The van der Waals surface area contributed by atoms with Gasteiger partial charge in [-0.1, -0.05) is 17.3 Å². The zero-order chi connectivity index (χ0) is 17.4. The first kappa shape index (κ1) is 15.8. The Hall–Kier alpha value is -2.67. The van der Waals surface area contributed by atoms with Gasteiger partial charge < -0.3 is 18.6 Å². The van der Waals surface area contributed by atoms with Crippen LogP contribution in [0, 0.1) is 13.8 Å². The molecule has 1 aliphatic heterocycles. The molecule has 0 aliphatic carbocycles. The third kappa shape index (κ3) is 2.91. The number of hydrogen-bond donors (Lipinski definition) is 0. The van der Waals surface area contributed by atoms with Crippen molar-refractivity contribution in [1.82, 2.24) is 15.0 Å². The Bertz CT molecular complexity index is 901. The topological polar surface area (TPSA) is 81.6 Å². The van der Waals surface area contributed by atoms with Gasteiger partial charge in [0.05, 0.1) is 25.8 Å². The molecule has 7 heteroatoms. The predicted molar refractivity (Wildman–Crippen MR) is 89.0 cm³/mol. The normalized spacial score (nSPS) is 18.0. The van der Waals surface area contributed by atoms with Gasteiger partial charge in [-0.3, -0.25) is 4.79 Å². The first-order valence-electron chi connectivity index (χ1n) is 8.25. The lowest BCUT2D eigenvalue weighted by atomic mass is 10.0. The number of benzene rings is 1. The number of ether oxygens (including phenoxy) is 1. The Labute approximate surface area is 144 Å². The summed E-state index contributed by atoms with van der Waals surface area (Å²) < 4.78 is 16.1. The van der Waals surface area contributed by atoms with Gasteiger partial charge in [0.15, 0.2) is 0 Å². The van der Waals surface area contributed by atoms with Gasteiger partial charge in [-0.15, -0.1) is 0 Å². The molecule has 1 aliphatic rings. The van der Waals surface area contributed by atoms with Crippen LogP contribution in [0.2, 0.25) is 0 Å². The van der Waals surface area contributed by atoms with Crippen LogP contribution in [-0.4, -0.2) is 40.6 Å². The molecule has 1 atom stereocenters. The lowest BCUT2D eigenvalue weighted by Crippen LogP contribution is -2.43. The second-order valence-electron chi connectivity index (χ2n) is 6.31. The minimum Gasteiger partial charge on any atom is -0.464 e. The fourth-order valence-electron chi connectivity index (χ4n) is 3.15. The predicted octanol–water partition coefficient (Wildman–Crippen LogP) is 2.58. The molecule has 1 aromatic carbocycles. The van der Waals surface area contributed by atoms with Crippen LogP contribution in [-0.2, 0) is 16.0 Å². The number of carbonyl (C=O) groups is 1. The van der Waals surface area contributed by atoms with E-state index in [2.05, 4.69) is 16.2 Å². The average Bonchev–Trinajstić information content (AvgIpc) is 3.29. The van der Waals surface area contributed by atoms with Gasteiger partial charge in [-0.25, -0.2) is 0 Å². The van der Waals surface area contributed by atoms with E-state index in [1.165, 1.54) is 12.0 Å². The Balaban J connectivity index is 1.51. The number of morpholine rings is 1. The maximum atomic E-state index is 12.7. The molecule has 1 saturated heterocycles. The van der Waals surface area contributed by atoms with Crippen LogP contribution >= 0.6 is 0 Å². The highest BCUT2D eigenvalue weighted by Crippen LogP contribution is 2.27. The van der Waals surface area contributed by atoms with Crippen molar-refractivity contribution in [2.45, 2.75) is 26.4 Å². The van der Waals surface area contributed by atoms with Gasteiger partial charge in [-0.05, 0) is 25.0 Å². The van der Waals surface area contributed by atoms with Crippen LogP contribution in [0.4, 0.5) is 0 Å². The highest BCUT2D eigenvalue weighted by molar-refractivity contribution is 5.89. The van der Waals surface area contributed by atoms with E-state index in [4.69, 9.17) is 13.7 Å². The Morgan fingerprint density at radius 1 is 1.36 bits per heavy atom. The first-order chi connectivity index (χ1) is 12.1. The number of rotatable bonds is 3. The third-order valence-corrected chi connectivity index (χ3v) is 4.77. The third-order valence-electron chi connectivity index (χ3n) is 4.77. The molecule has 0 N–H and O–H groups in total. The molecule has 25 heavy (non-hydrogen) atoms. The monoisotopic (exact) mass is 341 g/mol. The van der Waals surface area contributed by atoms with Crippen LogP contribution in [0.25, 0.3) is 11.0 Å². The number of hydrogen-bond acceptors (Lipinski definition) is 6. The second-order valence-corrected chi connectivity index (χ2v) is 6.31. The zero-order valence-electron chi connectivity index (χ0n) is 14.2. The Morgan fingerprint density at radius 2 is 2.24 bits per heavy atom. The van der Waals surface area contributed by atoms with Crippen molar-refractivity contribution >= 4 is 16.9 Å². The van der Waals surface area contributed by atoms with Crippen molar-refractivity contribution in [3.05, 3.63) is 47.3 Å². The van der Waals surface area contributed by atoms with Crippen molar-refractivity contribution in [2.75, 3.05) is 19.7 Å². The fourth-order valence-corrected chi connectivity index (χ4v) is 3.15. The van der Waals surface area contributed by atoms with E-state index in [9.17, 15) is 4.79 Å². The van der Waals surface area contributed by atoms with Gasteiger partial charge in [0.1, 0.15) is 11.7 Å². The second kappa shape index (κ2) is 6.33.